The van der Waals surface area contributed by atoms with E-state index in [1.54, 1.807) is 18.2 Å². The second-order valence-corrected chi connectivity index (χ2v) is 9.11. The summed E-state index contributed by atoms with van der Waals surface area (Å²) in [6, 6.07) is 12.3. The van der Waals surface area contributed by atoms with Crippen molar-refractivity contribution in [2.24, 2.45) is 5.10 Å². The van der Waals surface area contributed by atoms with Gasteiger partial charge < -0.3 is 0 Å². The largest absolute Gasteiger partial charge is 0.271 e. The lowest BCUT2D eigenvalue weighted by atomic mass is 10.3. The molecule has 28 heavy (non-hydrogen) atoms. The van der Waals surface area contributed by atoms with E-state index in [9.17, 15) is 13.2 Å². The van der Waals surface area contributed by atoms with Crippen molar-refractivity contribution < 1.29 is 13.2 Å². The molecule has 2 aromatic rings. The molecule has 0 radical (unpaired) electrons. The molecule has 1 fully saturated rings. The first kappa shape index (κ1) is 20.6. The highest BCUT2D eigenvalue weighted by molar-refractivity contribution is 7.92. The molecule has 0 spiro atoms. The van der Waals surface area contributed by atoms with Gasteiger partial charge in [-0.3, -0.25) is 9.10 Å². The zero-order valence-electron chi connectivity index (χ0n) is 14.9. The van der Waals surface area contributed by atoms with Crippen molar-refractivity contribution in [3.05, 3.63) is 58.6 Å². The van der Waals surface area contributed by atoms with E-state index >= 15 is 0 Å². The average Bonchev–Trinajstić information content (AvgIpc) is 3.18. The minimum Gasteiger partial charge on any atom is -0.271 e. The van der Waals surface area contributed by atoms with Crippen LogP contribution >= 0.6 is 23.2 Å². The van der Waals surface area contributed by atoms with Crippen LogP contribution in [0.5, 0.6) is 0 Å². The first-order chi connectivity index (χ1) is 13.4. The van der Waals surface area contributed by atoms with Crippen molar-refractivity contribution >= 4 is 50.5 Å². The molecule has 0 atom stereocenters. The molecule has 1 amide bonds. The van der Waals surface area contributed by atoms with Crippen LogP contribution in [0.1, 0.15) is 25.7 Å². The van der Waals surface area contributed by atoms with Crippen LogP contribution in [0.25, 0.3) is 0 Å². The summed E-state index contributed by atoms with van der Waals surface area (Å²) < 4.78 is 27.3. The third kappa shape index (κ3) is 5.04. The van der Waals surface area contributed by atoms with Crippen molar-refractivity contribution in [3.63, 3.8) is 0 Å². The molecule has 0 aliphatic heterocycles. The van der Waals surface area contributed by atoms with Gasteiger partial charge in [-0.25, -0.2) is 13.8 Å². The number of rotatable bonds is 6. The van der Waals surface area contributed by atoms with Crippen LogP contribution in [-0.2, 0) is 14.8 Å². The number of benzene rings is 2. The predicted molar refractivity (Wildman–Crippen MR) is 111 cm³/mol. The number of hydrogen-bond acceptors (Lipinski definition) is 4. The number of sulfonamides is 1. The number of halogens is 2. The third-order valence-corrected chi connectivity index (χ3v) is 6.50. The van der Waals surface area contributed by atoms with E-state index in [2.05, 4.69) is 10.5 Å². The SMILES string of the molecule is O=C(CN(c1cc(Cl)cc(Cl)c1)S(=O)(=O)c1ccccc1)NN=C1CCCC1. The first-order valence-electron chi connectivity index (χ1n) is 8.74. The summed E-state index contributed by atoms with van der Waals surface area (Å²) in [6.45, 7) is -0.454. The third-order valence-electron chi connectivity index (χ3n) is 4.27. The lowest BCUT2D eigenvalue weighted by Gasteiger charge is -2.24. The maximum atomic E-state index is 13.2. The van der Waals surface area contributed by atoms with Gasteiger partial charge in [-0.2, -0.15) is 5.10 Å². The Balaban J connectivity index is 1.92. The van der Waals surface area contributed by atoms with E-state index in [-0.39, 0.29) is 20.6 Å². The number of carbonyl (C=O) groups excluding carboxylic acids is 1. The molecule has 0 heterocycles. The monoisotopic (exact) mass is 439 g/mol. The Morgan fingerprint density at radius 3 is 2.25 bits per heavy atom. The summed E-state index contributed by atoms with van der Waals surface area (Å²) in [5, 5.41) is 4.64. The van der Waals surface area contributed by atoms with E-state index < -0.39 is 22.5 Å². The zero-order valence-corrected chi connectivity index (χ0v) is 17.3. The van der Waals surface area contributed by atoms with Crippen LogP contribution in [0.3, 0.4) is 0 Å². The summed E-state index contributed by atoms with van der Waals surface area (Å²) in [5.74, 6) is -0.546. The zero-order chi connectivity index (χ0) is 20.1. The van der Waals surface area contributed by atoms with Crippen molar-refractivity contribution in [2.75, 3.05) is 10.8 Å². The number of carbonyl (C=O) groups is 1. The highest BCUT2D eigenvalue weighted by Crippen LogP contribution is 2.29. The molecule has 0 bridgehead atoms. The average molecular weight is 440 g/mol. The van der Waals surface area contributed by atoms with E-state index in [0.717, 1.165) is 35.7 Å². The van der Waals surface area contributed by atoms with Crippen LogP contribution in [0.2, 0.25) is 10.0 Å². The van der Waals surface area contributed by atoms with Gasteiger partial charge in [0.15, 0.2) is 0 Å². The van der Waals surface area contributed by atoms with Gasteiger partial charge in [0.2, 0.25) is 0 Å². The molecule has 1 N–H and O–H groups in total. The topological polar surface area (TPSA) is 78.8 Å². The molecule has 1 aliphatic carbocycles. The Labute approximate surface area is 174 Å². The molecule has 1 saturated carbocycles. The number of amides is 1. The Morgan fingerprint density at radius 2 is 1.64 bits per heavy atom. The minimum atomic E-state index is -4.01. The molecular formula is C19H19Cl2N3O3S. The fraction of sp³-hybridized carbons (Fsp3) is 0.263. The number of nitrogens with zero attached hydrogens (tertiary/aromatic N) is 2. The Kier molecular flexibility index (Phi) is 6.59. The standard InChI is InChI=1S/C19H19Cl2N3O3S/c20-14-10-15(21)12-17(11-14)24(28(26,27)18-8-2-1-3-9-18)13-19(25)23-22-16-6-4-5-7-16/h1-3,8-12H,4-7,13H2,(H,23,25). The Morgan fingerprint density at radius 1 is 1.04 bits per heavy atom. The van der Waals surface area contributed by atoms with Gasteiger partial charge in [0.05, 0.1) is 10.6 Å². The van der Waals surface area contributed by atoms with Crippen LogP contribution in [0.15, 0.2) is 58.5 Å². The molecule has 6 nitrogen and oxygen atoms in total. The molecule has 0 aromatic heterocycles. The number of hydrazone groups is 1. The highest BCUT2D eigenvalue weighted by Gasteiger charge is 2.27. The van der Waals surface area contributed by atoms with Crippen molar-refractivity contribution in [1.29, 1.82) is 0 Å². The highest BCUT2D eigenvalue weighted by atomic mass is 35.5. The summed E-state index contributed by atoms with van der Waals surface area (Å²) in [7, 11) is -4.01. The van der Waals surface area contributed by atoms with Crippen molar-refractivity contribution in [1.82, 2.24) is 5.43 Å². The molecule has 3 rings (SSSR count). The smallest absolute Gasteiger partial charge is 0.264 e. The quantitative estimate of drug-likeness (QED) is 0.683. The number of hydrogen-bond donors (Lipinski definition) is 1. The predicted octanol–water partition coefficient (Wildman–Crippen LogP) is 4.23. The van der Waals surface area contributed by atoms with Crippen LogP contribution in [0, 0.1) is 0 Å². The van der Waals surface area contributed by atoms with E-state index in [0.29, 0.717) is 0 Å². The summed E-state index contributed by atoms with van der Waals surface area (Å²) in [6.07, 6.45) is 3.78. The van der Waals surface area contributed by atoms with Gasteiger partial charge in [0, 0.05) is 15.8 Å². The van der Waals surface area contributed by atoms with Gasteiger partial charge in [-0.1, -0.05) is 41.4 Å². The van der Waals surface area contributed by atoms with Crippen LogP contribution in [0.4, 0.5) is 5.69 Å². The Bertz CT molecular complexity index is 966. The molecule has 2 aromatic carbocycles. The molecule has 0 unspecified atom stereocenters. The molecular weight excluding hydrogens is 421 g/mol. The minimum absolute atomic E-state index is 0.0565. The molecule has 0 saturated heterocycles. The molecule has 1 aliphatic rings. The lowest BCUT2D eigenvalue weighted by molar-refractivity contribution is -0.119. The van der Waals surface area contributed by atoms with Gasteiger partial charge in [0.1, 0.15) is 6.54 Å². The van der Waals surface area contributed by atoms with Crippen LogP contribution < -0.4 is 9.73 Å². The van der Waals surface area contributed by atoms with Crippen molar-refractivity contribution in [3.8, 4) is 0 Å². The second kappa shape index (κ2) is 8.94. The van der Waals surface area contributed by atoms with Gasteiger partial charge in [-0.15, -0.1) is 0 Å². The van der Waals surface area contributed by atoms with Gasteiger partial charge in [0.25, 0.3) is 15.9 Å². The summed E-state index contributed by atoms with van der Waals surface area (Å²) >= 11 is 12.1. The maximum Gasteiger partial charge on any atom is 0.264 e. The Hall–Kier alpha value is -2.09. The van der Waals surface area contributed by atoms with E-state index in [1.165, 1.54) is 30.3 Å². The first-order valence-corrected chi connectivity index (χ1v) is 10.9. The fourth-order valence-electron chi connectivity index (χ4n) is 2.92. The maximum absolute atomic E-state index is 13.2. The van der Waals surface area contributed by atoms with Gasteiger partial charge in [-0.05, 0) is 56.0 Å². The summed E-state index contributed by atoms with van der Waals surface area (Å²) in [5.41, 5.74) is 3.57. The van der Waals surface area contributed by atoms with Crippen molar-refractivity contribution in [2.45, 2.75) is 30.6 Å². The summed E-state index contributed by atoms with van der Waals surface area (Å²) in [4.78, 5) is 12.5. The lowest BCUT2D eigenvalue weighted by Crippen LogP contribution is -2.39. The van der Waals surface area contributed by atoms with Gasteiger partial charge >= 0.3 is 0 Å². The molecule has 9 heteroatoms. The van der Waals surface area contributed by atoms with E-state index in [4.69, 9.17) is 23.2 Å². The second-order valence-electron chi connectivity index (χ2n) is 6.37. The fourth-order valence-corrected chi connectivity index (χ4v) is 4.86. The number of anilines is 1. The number of nitrogens with one attached hydrogen (secondary N) is 1. The van der Waals surface area contributed by atoms with E-state index in [1.807, 2.05) is 0 Å². The normalized spacial score (nSPS) is 14.0. The van der Waals surface area contributed by atoms with Crippen LogP contribution in [-0.4, -0.2) is 26.6 Å². The molecule has 148 valence electrons.